The number of pyridine rings is 3. The molecule has 12 aromatic rings. The van der Waals surface area contributed by atoms with Gasteiger partial charge >= 0.3 is 18.1 Å². The molecule has 0 saturated carbocycles. The van der Waals surface area contributed by atoms with Gasteiger partial charge < -0.3 is 61.3 Å². The van der Waals surface area contributed by atoms with E-state index in [-0.39, 0.29) is 88.8 Å². The van der Waals surface area contributed by atoms with Crippen LogP contribution in [0.2, 0.25) is 0 Å². The monoisotopic (exact) mass is 1820 g/mol. The van der Waals surface area contributed by atoms with Crippen molar-refractivity contribution in [1.82, 2.24) is 119 Å². The fourth-order valence-electron chi connectivity index (χ4n) is 18.9. The lowest BCUT2D eigenvalue weighted by Gasteiger charge is -2.33. The summed E-state index contributed by atoms with van der Waals surface area (Å²) >= 11 is 0.250. The molecule has 6 aliphatic carbocycles. The zero-order chi connectivity index (χ0) is 89.1. The number of urea groups is 3. The number of allylic oxidation sites excluding steroid dienone is 3. The summed E-state index contributed by atoms with van der Waals surface area (Å²) in [6.07, 6.45) is 26.5. The fraction of sp³-hybridized carbons (Fsp3) is 0.412. The minimum Gasteiger partial charge on any atom is -0.351 e. The number of nitrogens with zero attached hydrogens (tertiary/aromatic N) is 21. The molecule has 12 heterocycles. The predicted octanol–water partition coefficient (Wildman–Crippen LogP) is 16.1. The third-order valence-electron chi connectivity index (χ3n) is 26.1. The number of anilines is 3. The van der Waals surface area contributed by atoms with Crippen LogP contribution in [0.15, 0.2) is 163 Å². The molecule has 30 nitrogen and oxygen atoms in total. The lowest BCUT2D eigenvalue weighted by atomic mass is 9.88. The Kier molecular flexibility index (Phi) is 29.3. The van der Waals surface area contributed by atoms with Crippen LogP contribution in [0.3, 0.4) is 0 Å². The van der Waals surface area contributed by atoms with Crippen LogP contribution in [0.4, 0.5) is 49.3 Å². The highest BCUT2D eigenvalue weighted by atomic mass is 32.2. The number of fused-ring (bicyclic) bond motifs is 9. The average Bonchev–Trinajstić information content (AvgIpc) is 1.48. The van der Waals surface area contributed by atoms with E-state index in [1.165, 1.54) is 91.3 Å². The molecule has 0 radical (unpaired) electrons. The van der Waals surface area contributed by atoms with Crippen molar-refractivity contribution in [2.45, 2.75) is 156 Å². The zero-order valence-electron chi connectivity index (χ0n) is 73.3. The molecular formula is C97H117F4N27O3S. The van der Waals surface area contributed by atoms with Gasteiger partial charge in [0.2, 0.25) is 17.8 Å². The predicted molar refractivity (Wildman–Crippen MR) is 510 cm³/mol. The van der Waals surface area contributed by atoms with E-state index in [1.807, 2.05) is 35.5 Å². The van der Waals surface area contributed by atoms with Crippen molar-refractivity contribution in [3.63, 3.8) is 0 Å². The van der Waals surface area contributed by atoms with Crippen molar-refractivity contribution in [3.8, 4) is 34.2 Å². The molecule has 6 N–H and O–H groups in total. The lowest BCUT2D eigenvalue weighted by molar-refractivity contribution is 0.152. The number of carbonyl (C=O) groups is 3. The fourth-order valence-corrected chi connectivity index (χ4v) is 18.9. The topological polar surface area (TPSA) is 311 Å². The first kappa shape index (κ1) is 93.8. The van der Waals surface area contributed by atoms with Crippen LogP contribution < -0.4 is 31.9 Å². The molecule has 21 rings (SSSR count). The van der Waals surface area contributed by atoms with Gasteiger partial charge in [0.05, 0.1) is 55.3 Å². The molecule has 6 amide bonds. The Morgan fingerprint density at radius 1 is 0.386 bits per heavy atom. The average molecular weight is 1820 g/mol. The summed E-state index contributed by atoms with van der Waals surface area (Å²) in [6, 6.07) is 29.1. The largest absolute Gasteiger partial charge is 0.351 e. The Bertz CT molecular complexity index is 5700. The maximum absolute atomic E-state index is 14.2. The number of piperazine rings is 3. The molecule has 132 heavy (non-hydrogen) atoms. The molecule has 3 aromatic carbocycles. The Labute approximate surface area is 771 Å². The molecule has 35 heteroatoms. The summed E-state index contributed by atoms with van der Waals surface area (Å²) in [7, 11) is 6.18. The van der Waals surface area contributed by atoms with E-state index in [2.05, 4.69) is 171 Å². The Morgan fingerprint density at radius 3 is 0.917 bits per heavy atom. The minimum absolute atomic E-state index is 0. The number of benzene rings is 3. The van der Waals surface area contributed by atoms with Gasteiger partial charge in [-0.05, 0) is 187 Å². The Morgan fingerprint density at radius 2 is 0.652 bits per heavy atom. The number of carbonyl (C=O) groups excluding carboxylic acids is 3. The summed E-state index contributed by atoms with van der Waals surface area (Å²) in [5, 5.41) is 34.2. The van der Waals surface area contributed by atoms with Crippen molar-refractivity contribution in [1.29, 1.82) is 0 Å². The highest BCUT2D eigenvalue weighted by Crippen LogP contribution is 2.46. The van der Waals surface area contributed by atoms with Gasteiger partial charge in [0, 0.05) is 167 Å². The second-order valence-electron chi connectivity index (χ2n) is 34.8. The van der Waals surface area contributed by atoms with Gasteiger partial charge in [0.25, 0.3) is 0 Å². The van der Waals surface area contributed by atoms with Gasteiger partial charge in [-0.3, -0.25) is 15.0 Å². The normalized spacial score (nSPS) is 18.8. The first-order valence-corrected chi connectivity index (χ1v) is 45.5. The first-order valence-electron chi connectivity index (χ1n) is 44.3. The summed E-state index contributed by atoms with van der Waals surface area (Å²) in [6.45, 7) is 14.9. The van der Waals surface area contributed by atoms with Crippen molar-refractivity contribution in [2.24, 2.45) is 0 Å². The molecule has 692 valence electrons. The molecule has 3 fully saturated rings. The van der Waals surface area contributed by atoms with Crippen molar-refractivity contribution >= 4 is 81.7 Å². The highest BCUT2D eigenvalue weighted by molar-refractivity contribution is 7.93. The standard InChI is InChI=1S/3C31H34FN9O.CH3FS.3CH4/c3*1-19(35-31(42)40-11-9-39(2)10-12-40)27-18-34-41-29(27)37-28(22-14-23(32)17-33-16-22)38-30(41)36-24-8-7-21-13-20-5-3-4-6-25(20)26(21)15-24;1-3-2;;;/h3*3-6,14,16-19,24H,7-13,15H2,1-2H3,(H,35,42)(H,36,37,38);1H3;3*1H4/t19?,24-;19-,24+;19-,24-;;;;/m101..../s1. The third kappa shape index (κ3) is 20.4. The molecule has 6 atom stereocenters. The SMILES string of the molecule is C.C.C.CC(NC(=O)N1CCN(C)CC1)c1cnn2c(N[C@@H]3CCC4=C(C3)c3ccccc3C4)nc(-c3cncc(F)c3)nc12.CSF.C[C@@H](NC(=O)N1CCN(C)CC1)c1cnn2c(N[C@@H]3CCC4=C(C3)c3ccccc3C4)nc(-c3cncc(F)c3)nc12.C[C@H](NC(=O)N1CCN(C)CC1)c1cnn2c(N[C@@H]3CCC4=C(C3)c3ccccc3C4)nc(-c3cncc(F)c3)nc12. The number of halogens is 4. The van der Waals surface area contributed by atoms with E-state index in [0.717, 1.165) is 152 Å². The maximum atomic E-state index is 14.2. The van der Waals surface area contributed by atoms with Crippen LogP contribution in [-0.4, -0.2) is 245 Å². The smallest absolute Gasteiger partial charge is 0.317 e. The number of aromatic nitrogens is 15. The second kappa shape index (κ2) is 41.3. The van der Waals surface area contributed by atoms with E-state index < -0.39 is 17.5 Å². The van der Waals surface area contributed by atoms with Crippen molar-refractivity contribution in [3.05, 3.63) is 231 Å². The van der Waals surface area contributed by atoms with Gasteiger partial charge in [-0.1, -0.05) is 112 Å². The maximum Gasteiger partial charge on any atom is 0.317 e. The van der Waals surface area contributed by atoms with Crippen LogP contribution in [0.5, 0.6) is 0 Å². The molecule has 0 bridgehead atoms. The first-order chi connectivity index (χ1) is 62.7. The van der Waals surface area contributed by atoms with Gasteiger partial charge in [0.15, 0.2) is 34.4 Å². The lowest BCUT2D eigenvalue weighted by Crippen LogP contribution is -2.51. The quantitative estimate of drug-likeness (QED) is 0.0520. The van der Waals surface area contributed by atoms with Crippen LogP contribution in [0, 0.1) is 17.5 Å². The van der Waals surface area contributed by atoms with E-state index in [4.69, 9.17) is 29.9 Å². The zero-order valence-corrected chi connectivity index (χ0v) is 74.1. The number of rotatable bonds is 15. The minimum atomic E-state index is -0.460. The Balaban J connectivity index is 0.000000147. The van der Waals surface area contributed by atoms with Gasteiger partial charge in [-0.15, -0.1) is 0 Å². The number of likely N-dealkylation sites (N-methyl/N-ethyl adjacent to an activating group) is 3. The molecular weight excluding hydrogens is 1700 g/mol. The number of nitrogens with one attached hydrogen (secondary N) is 6. The Hall–Kier alpha value is -12.9. The molecule has 9 aromatic heterocycles. The van der Waals surface area contributed by atoms with Crippen LogP contribution in [0.1, 0.15) is 169 Å². The molecule has 0 spiro atoms. The van der Waals surface area contributed by atoms with Crippen LogP contribution in [-0.2, 0) is 19.3 Å². The van der Waals surface area contributed by atoms with E-state index in [1.54, 1.807) is 50.7 Å². The summed E-state index contributed by atoms with van der Waals surface area (Å²) in [5.41, 5.74) is 22.5. The molecule has 9 aliphatic rings. The van der Waals surface area contributed by atoms with Crippen LogP contribution >= 0.6 is 12.1 Å². The van der Waals surface area contributed by atoms with Gasteiger partial charge in [0.1, 0.15) is 17.5 Å². The summed E-state index contributed by atoms with van der Waals surface area (Å²) in [4.78, 5) is 92.1. The van der Waals surface area contributed by atoms with E-state index in [0.29, 0.717) is 108 Å². The van der Waals surface area contributed by atoms with E-state index in [9.17, 15) is 31.4 Å². The summed E-state index contributed by atoms with van der Waals surface area (Å²) in [5.74, 6) is 1.25. The number of hydrogen-bond donors (Lipinski definition) is 6. The van der Waals surface area contributed by atoms with Crippen molar-refractivity contribution in [2.75, 3.05) is 122 Å². The molecule has 1 unspecified atom stereocenters. The number of hydrogen-bond acceptors (Lipinski definition) is 22. The summed E-state index contributed by atoms with van der Waals surface area (Å²) < 4.78 is 57.8. The number of amides is 6. The van der Waals surface area contributed by atoms with Crippen LogP contribution in [0.25, 0.3) is 67.8 Å². The molecule has 3 saturated heterocycles. The molecule has 3 aliphatic heterocycles. The van der Waals surface area contributed by atoms with E-state index >= 15 is 0 Å². The third-order valence-corrected chi connectivity index (χ3v) is 26.1. The van der Waals surface area contributed by atoms with Gasteiger partial charge in [-0.25, -0.2) is 42.5 Å². The highest BCUT2D eigenvalue weighted by Gasteiger charge is 2.36. The van der Waals surface area contributed by atoms with Gasteiger partial charge in [-0.2, -0.15) is 47.7 Å². The van der Waals surface area contributed by atoms with Crippen molar-refractivity contribution < 1.29 is 31.4 Å². The second-order valence-corrected chi connectivity index (χ2v) is 35.1.